The smallest absolute Gasteiger partial charge is 0.410 e. The molecule has 1 amide bonds. The van der Waals surface area contributed by atoms with Crippen molar-refractivity contribution in [2.75, 3.05) is 13.1 Å². The molecule has 0 unspecified atom stereocenters. The van der Waals surface area contributed by atoms with Gasteiger partial charge in [-0.3, -0.25) is 0 Å². The second-order valence-electron chi connectivity index (χ2n) is 11.7. The van der Waals surface area contributed by atoms with Gasteiger partial charge < -0.3 is 13.9 Å². The number of hydrogen-bond acceptors (Lipinski definition) is 2. The minimum Gasteiger partial charge on any atom is -0.444 e. The molecule has 0 saturated carbocycles. The molecule has 3 rings (SSSR count). The van der Waals surface area contributed by atoms with Crippen LogP contribution in [0.3, 0.4) is 0 Å². The summed E-state index contributed by atoms with van der Waals surface area (Å²) in [5.74, 6) is -0.0154. The van der Waals surface area contributed by atoms with Crippen LogP contribution in [0.5, 0.6) is 0 Å². The van der Waals surface area contributed by atoms with E-state index in [-0.39, 0.29) is 17.8 Å². The van der Waals surface area contributed by atoms with Crippen LogP contribution in [0.15, 0.2) is 24.4 Å². The largest absolute Gasteiger partial charge is 0.444 e. The van der Waals surface area contributed by atoms with Gasteiger partial charge in [-0.1, -0.05) is 41.5 Å². The first-order valence-corrected chi connectivity index (χ1v) is 14.8. The summed E-state index contributed by atoms with van der Waals surface area (Å²) in [6.45, 7) is 21.0. The molecule has 4 nitrogen and oxygen atoms in total. The van der Waals surface area contributed by atoms with Gasteiger partial charge in [0, 0.05) is 29.6 Å². The van der Waals surface area contributed by atoms with Crippen molar-refractivity contribution in [2.24, 2.45) is 0 Å². The standard InChI is InChI=1S/C27H43FN2O2Si/c1-18(2)33(19(3)4,20(5)6)30-17-14-22-24(30)11-10-23(28)25(22)21-12-15-29(16-13-21)26(31)32-27(7,8)9/h10-11,14,17-21H,12-13,15-16H2,1-9H3. The van der Waals surface area contributed by atoms with E-state index in [0.29, 0.717) is 29.7 Å². The summed E-state index contributed by atoms with van der Waals surface area (Å²) in [6.07, 6.45) is 3.46. The van der Waals surface area contributed by atoms with Crippen LogP contribution >= 0.6 is 0 Å². The number of halogens is 1. The SMILES string of the molecule is CC(C)[Si](C(C)C)(C(C)C)n1ccc2c(C3CCN(C(=O)OC(C)(C)C)CC3)c(F)ccc21. The normalized spacial score (nSPS) is 16.5. The Labute approximate surface area is 200 Å². The van der Waals surface area contributed by atoms with Crippen LogP contribution in [-0.4, -0.2) is 42.2 Å². The van der Waals surface area contributed by atoms with Crippen molar-refractivity contribution in [1.82, 2.24) is 9.13 Å². The fraction of sp³-hybridized carbons (Fsp3) is 0.667. The fourth-order valence-corrected chi connectivity index (χ4v) is 13.1. The molecule has 1 fully saturated rings. The van der Waals surface area contributed by atoms with Crippen molar-refractivity contribution in [3.05, 3.63) is 35.8 Å². The number of rotatable bonds is 5. The third kappa shape index (κ3) is 4.73. The summed E-state index contributed by atoms with van der Waals surface area (Å²) in [5, 5.41) is 1.05. The Bertz CT molecular complexity index is 960. The zero-order chi connectivity index (χ0) is 24.7. The molecular weight excluding hydrogens is 431 g/mol. The molecule has 6 heteroatoms. The van der Waals surface area contributed by atoms with Gasteiger partial charge in [-0.25, -0.2) is 9.18 Å². The van der Waals surface area contributed by atoms with Gasteiger partial charge >= 0.3 is 6.09 Å². The van der Waals surface area contributed by atoms with Gasteiger partial charge in [-0.05, 0) is 80.6 Å². The third-order valence-corrected chi connectivity index (χ3v) is 14.4. The molecule has 33 heavy (non-hydrogen) atoms. The van der Waals surface area contributed by atoms with Gasteiger partial charge in [0.2, 0.25) is 0 Å². The number of carbonyl (C=O) groups is 1. The molecule has 184 valence electrons. The van der Waals surface area contributed by atoms with E-state index in [1.807, 2.05) is 26.8 Å². The molecule has 1 aromatic heterocycles. The molecule has 1 aliphatic rings. The molecule has 2 aromatic rings. The van der Waals surface area contributed by atoms with Gasteiger partial charge in [0.05, 0.1) is 0 Å². The van der Waals surface area contributed by atoms with Crippen LogP contribution in [-0.2, 0) is 4.74 Å². The van der Waals surface area contributed by atoms with Crippen LogP contribution in [0.4, 0.5) is 9.18 Å². The zero-order valence-electron chi connectivity index (χ0n) is 22.0. The molecular formula is C27H43FN2O2Si. The maximum absolute atomic E-state index is 15.3. The number of fused-ring (bicyclic) bond motifs is 1. The second-order valence-corrected chi connectivity index (χ2v) is 17.4. The number of ether oxygens (including phenoxy) is 1. The van der Waals surface area contributed by atoms with Crippen molar-refractivity contribution in [2.45, 2.75) is 103 Å². The lowest BCUT2D eigenvalue weighted by molar-refractivity contribution is 0.0204. The molecule has 0 radical (unpaired) electrons. The minimum atomic E-state index is -1.93. The summed E-state index contributed by atoms with van der Waals surface area (Å²) in [4.78, 5) is 14.2. The summed E-state index contributed by atoms with van der Waals surface area (Å²) in [6, 6.07) is 5.79. The number of likely N-dealkylation sites (tertiary alicyclic amines) is 1. The molecule has 0 spiro atoms. The van der Waals surface area contributed by atoms with Crippen molar-refractivity contribution >= 4 is 25.2 Å². The zero-order valence-corrected chi connectivity index (χ0v) is 23.0. The molecule has 1 aliphatic heterocycles. The van der Waals surface area contributed by atoms with E-state index in [4.69, 9.17) is 4.74 Å². The summed E-state index contributed by atoms with van der Waals surface area (Å²) in [7, 11) is -1.93. The maximum Gasteiger partial charge on any atom is 0.410 e. The van der Waals surface area contributed by atoms with Gasteiger partial charge in [-0.15, -0.1) is 0 Å². The summed E-state index contributed by atoms with van der Waals surface area (Å²) >= 11 is 0. The van der Waals surface area contributed by atoms with Crippen LogP contribution in [0.25, 0.3) is 10.9 Å². The van der Waals surface area contributed by atoms with E-state index in [1.54, 1.807) is 11.0 Å². The predicted octanol–water partition coefficient (Wildman–Crippen LogP) is 7.92. The number of aromatic nitrogens is 1. The fourth-order valence-electron chi connectivity index (χ4n) is 6.48. The average Bonchev–Trinajstić information content (AvgIpc) is 3.10. The Kier molecular flexibility index (Phi) is 7.38. The second kappa shape index (κ2) is 9.44. The van der Waals surface area contributed by atoms with Crippen LogP contribution in [0.2, 0.25) is 16.6 Å². The topological polar surface area (TPSA) is 34.5 Å². The Morgan fingerprint density at radius 2 is 1.55 bits per heavy atom. The Balaban J connectivity index is 1.96. The first-order valence-electron chi connectivity index (χ1n) is 12.6. The number of nitrogens with zero attached hydrogens (tertiary/aromatic N) is 2. The van der Waals surface area contributed by atoms with E-state index < -0.39 is 13.8 Å². The Morgan fingerprint density at radius 1 is 1.00 bits per heavy atom. The van der Waals surface area contributed by atoms with E-state index in [1.165, 1.54) is 5.52 Å². The minimum absolute atomic E-state index is 0.108. The summed E-state index contributed by atoms with van der Waals surface area (Å²) in [5.41, 5.74) is 3.20. The van der Waals surface area contributed by atoms with Gasteiger partial charge in [0.15, 0.2) is 8.24 Å². The number of benzene rings is 1. The van der Waals surface area contributed by atoms with E-state index in [9.17, 15) is 4.79 Å². The molecule has 2 heterocycles. The highest BCUT2D eigenvalue weighted by atomic mass is 28.3. The average molecular weight is 475 g/mol. The highest BCUT2D eigenvalue weighted by Gasteiger charge is 2.46. The molecule has 0 bridgehead atoms. The molecule has 0 aliphatic carbocycles. The summed E-state index contributed by atoms with van der Waals surface area (Å²) < 4.78 is 23.4. The number of hydrogen-bond donors (Lipinski definition) is 0. The van der Waals surface area contributed by atoms with E-state index in [0.717, 1.165) is 23.8 Å². The predicted molar refractivity (Wildman–Crippen MR) is 138 cm³/mol. The van der Waals surface area contributed by atoms with Crippen LogP contribution < -0.4 is 0 Å². The Hall–Kier alpha value is -1.82. The molecule has 0 N–H and O–H groups in total. The highest BCUT2D eigenvalue weighted by Crippen LogP contribution is 2.45. The lowest BCUT2D eigenvalue weighted by Gasteiger charge is -2.44. The lowest BCUT2D eigenvalue weighted by atomic mass is 9.87. The number of amides is 1. The van der Waals surface area contributed by atoms with Crippen molar-refractivity contribution in [1.29, 1.82) is 0 Å². The molecule has 1 saturated heterocycles. The quantitative estimate of drug-likeness (QED) is 0.412. The van der Waals surface area contributed by atoms with E-state index in [2.05, 4.69) is 58.0 Å². The van der Waals surface area contributed by atoms with Crippen molar-refractivity contribution < 1.29 is 13.9 Å². The Morgan fingerprint density at radius 3 is 2.03 bits per heavy atom. The molecule has 0 atom stereocenters. The van der Waals surface area contributed by atoms with E-state index >= 15 is 4.39 Å². The van der Waals surface area contributed by atoms with Crippen LogP contribution in [0.1, 0.15) is 86.6 Å². The van der Waals surface area contributed by atoms with Gasteiger partial charge in [0.1, 0.15) is 11.4 Å². The lowest BCUT2D eigenvalue weighted by Crippen LogP contribution is -2.51. The number of piperidine rings is 1. The highest BCUT2D eigenvalue weighted by molar-refractivity contribution is 6.82. The first-order chi connectivity index (χ1) is 15.3. The molecule has 1 aromatic carbocycles. The number of carbonyl (C=O) groups excluding carboxylic acids is 1. The maximum atomic E-state index is 15.3. The van der Waals surface area contributed by atoms with Crippen molar-refractivity contribution in [3.63, 3.8) is 0 Å². The first kappa shape index (κ1) is 25.8. The van der Waals surface area contributed by atoms with Gasteiger partial charge in [0.25, 0.3) is 0 Å². The van der Waals surface area contributed by atoms with Crippen molar-refractivity contribution in [3.8, 4) is 0 Å². The van der Waals surface area contributed by atoms with Gasteiger partial charge in [-0.2, -0.15) is 0 Å². The third-order valence-electron chi connectivity index (χ3n) is 7.61. The monoisotopic (exact) mass is 474 g/mol. The van der Waals surface area contributed by atoms with Crippen LogP contribution in [0, 0.1) is 5.82 Å².